The number of fused-ring (bicyclic) bond motifs is 1. The van der Waals surface area contributed by atoms with Crippen LogP contribution in [0.5, 0.6) is 0 Å². The maximum atomic E-state index is 12.4. The number of halogens is 1. The van der Waals surface area contributed by atoms with Gasteiger partial charge >= 0.3 is 0 Å². The topological polar surface area (TPSA) is 59.8 Å². The Balaban J connectivity index is 1.62. The number of nitrogens with zero attached hydrogens (tertiary/aromatic N) is 3. The molecule has 1 N–H and O–H groups in total. The second-order valence-electron chi connectivity index (χ2n) is 5.49. The number of hydrogen-bond acceptors (Lipinski definition) is 3. The van der Waals surface area contributed by atoms with Gasteiger partial charge in [-0.3, -0.25) is 4.79 Å². The first-order valence-electron chi connectivity index (χ1n) is 7.68. The van der Waals surface area contributed by atoms with Gasteiger partial charge in [0.1, 0.15) is 11.0 Å². The van der Waals surface area contributed by atoms with Crippen LogP contribution >= 0.6 is 22.6 Å². The monoisotopic (exact) mass is 440 g/mol. The minimum atomic E-state index is -0.145. The van der Waals surface area contributed by atoms with Crippen molar-refractivity contribution in [3.8, 4) is 5.69 Å². The van der Waals surface area contributed by atoms with E-state index in [0.29, 0.717) is 11.3 Å². The van der Waals surface area contributed by atoms with E-state index in [-0.39, 0.29) is 5.91 Å². The van der Waals surface area contributed by atoms with E-state index in [2.05, 4.69) is 38.1 Å². The van der Waals surface area contributed by atoms with E-state index in [1.54, 1.807) is 10.9 Å². The van der Waals surface area contributed by atoms with E-state index in [1.165, 1.54) is 0 Å². The molecule has 6 heteroatoms. The highest BCUT2D eigenvalue weighted by Crippen LogP contribution is 2.18. The second kappa shape index (κ2) is 6.64. The Bertz CT molecular complexity index is 1060. The van der Waals surface area contributed by atoms with Gasteiger partial charge in [0.25, 0.3) is 5.91 Å². The van der Waals surface area contributed by atoms with E-state index in [1.807, 2.05) is 66.7 Å². The summed E-state index contributed by atoms with van der Waals surface area (Å²) in [6.45, 7) is 0. The van der Waals surface area contributed by atoms with Crippen LogP contribution in [0.3, 0.4) is 0 Å². The third-order valence-corrected chi connectivity index (χ3v) is 4.38. The van der Waals surface area contributed by atoms with Crippen LogP contribution in [0.1, 0.15) is 10.4 Å². The summed E-state index contributed by atoms with van der Waals surface area (Å²) in [5.74, 6) is -0.145. The van der Waals surface area contributed by atoms with E-state index in [0.717, 1.165) is 20.3 Å². The van der Waals surface area contributed by atoms with Gasteiger partial charge in [-0.05, 0) is 71.1 Å². The quantitative estimate of drug-likeness (QED) is 0.484. The molecule has 0 fully saturated rings. The molecule has 0 bridgehead atoms. The summed E-state index contributed by atoms with van der Waals surface area (Å²) in [7, 11) is 0. The number of rotatable bonds is 3. The molecule has 122 valence electrons. The molecule has 1 aromatic heterocycles. The molecule has 4 rings (SSSR count). The van der Waals surface area contributed by atoms with Crippen molar-refractivity contribution in [2.45, 2.75) is 0 Å². The molecule has 25 heavy (non-hydrogen) atoms. The van der Waals surface area contributed by atoms with Gasteiger partial charge in [-0.2, -0.15) is 4.80 Å². The number of anilines is 1. The number of aromatic nitrogens is 3. The predicted octanol–water partition coefficient (Wildman–Crippen LogP) is 4.28. The molecule has 0 radical (unpaired) electrons. The summed E-state index contributed by atoms with van der Waals surface area (Å²) in [6, 6.07) is 22.7. The summed E-state index contributed by atoms with van der Waals surface area (Å²) in [4.78, 5) is 14.0. The molecular formula is C19H13IN4O. The third-order valence-electron chi connectivity index (χ3n) is 3.71. The number of hydrogen-bond donors (Lipinski definition) is 1. The summed E-state index contributed by atoms with van der Waals surface area (Å²) < 4.78 is 1.02. The van der Waals surface area contributed by atoms with Crippen molar-refractivity contribution in [1.82, 2.24) is 15.0 Å². The van der Waals surface area contributed by atoms with Gasteiger partial charge in [0, 0.05) is 14.8 Å². The van der Waals surface area contributed by atoms with E-state index >= 15 is 0 Å². The fourth-order valence-corrected chi connectivity index (χ4v) is 3.05. The predicted molar refractivity (Wildman–Crippen MR) is 106 cm³/mol. The SMILES string of the molecule is O=C(Nc1ccc2nn(-c3ccccc3)nc2c1)c1cccc(I)c1. The smallest absolute Gasteiger partial charge is 0.255 e. The van der Waals surface area contributed by atoms with Gasteiger partial charge in [-0.1, -0.05) is 24.3 Å². The number of carbonyl (C=O) groups is 1. The maximum Gasteiger partial charge on any atom is 0.255 e. The minimum absolute atomic E-state index is 0.145. The fraction of sp³-hybridized carbons (Fsp3) is 0. The first-order chi connectivity index (χ1) is 12.2. The van der Waals surface area contributed by atoms with Crippen molar-refractivity contribution < 1.29 is 4.79 Å². The molecule has 3 aromatic carbocycles. The number of benzene rings is 3. The zero-order chi connectivity index (χ0) is 17.2. The van der Waals surface area contributed by atoms with Gasteiger partial charge < -0.3 is 5.32 Å². The Morgan fingerprint density at radius 3 is 2.48 bits per heavy atom. The van der Waals surface area contributed by atoms with Gasteiger partial charge in [-0.25, -0.2) is 0 Å². The lowest BCUT2D eigenvalue weighted by Crippen LogP contribution is -2.11. The molecule has 5 nitrogen and oxygen atoms in total. The normalized spacial score (nSPS) is 10.8. The highest BCUT2D eigenvalue weighted by Gasteiger charge is 2.09. The molecule has 0 atom stereocenters. The molecule has 1 amide bonds. The lowest BCUT2D eigenvalue weighted by atomic mass is 10.2. The van der Waals surface area contributed by atoms with Crippen LogP contribution in [0.25, 0.3) is 16.7 Å². The van der Waals surface area contributed by atoms with Gasteiger partial charge in [0.2, 0.25) is 0 Å². The van der Waals surface area contributed by atoms with Crippen LogP contribution in [0, 0.1) is 3.57 Å². The van der Waals surface area contributed by atoms with Crippen molar-refractivity contribution in [2.24, 2.45) is 0 Å². The van der Waals surface area contributed by atoms with Crippen LogP contribution < -0.4 is 5.32 Å². The van der Waals surface area contributed by atoms with Crippen LogP contribution in [-0.4, -0.2) is 20.9 Å². The number of nitrogens with one attached hydrogen (secondary N) is 1. The molecule has 4 aromatic rings. The highest BCUT2D eigenvalue weighted by molar-refractivity contribution is 14.1. The van der Waals surface area contributed by atoms with Gasteiger partial charge in [-0.15, -0.1) is 10.2 Å². The maximum absolute atomic E-state index is 12.4. The zero-order valence-electron chi connectivity index (χ0n) is 13.1. The third kappa shape index (κ3) is 3.39. The summed E-state index contributed by atoms with van der Waals surface area (Å²) >= 11 is 2.19. The molecule has 1 heterocycles. The molecule has 0 unspecified atom stereocenters. The lowest BCUT2D eigenvalue weighted by Gasteiger charge is -2.05. The Labute approximate surface area is 157 Å². The molecule has 0 aliphatic heterocycles. The Kier molecular flexibility index (Phi) is 4.19. The molecular weight excluding hydrogens is 427 g/mol. The lowest BCUT2D eigenvalue weighted by molar-refractivity contribution is 0.102. The summed E-state index contributed by atoms with van der Waals surface area (Å²) in [5.41, 5.74) is 3.71. The second-order valence-corrected chi connectivity index (χ2v) is 6.74. The van der Waals surface area contributed by atoms with Crippen molar-refractivity contribution >= 4 is 45.2 Å². The number of amides is 1. The van der Waals surface area contributed by atoms with Gasteiger partial charge in [0.15, 0.2) is 0 Å². The minimum Gasteiger partial charge on any atom is -0.322 e. The molecule has 0 aliphatic rings. The van der Waals surface area contributed by atoms with Crippen LogP contribution in [-0.2, 0) is 0 Å². The Morgan fingerprint density at radius 2 is 1.68 bits per heavy atom. The first-order valence-corrected chi connectivity index (χ1v) is 8.76. The summed E-state index contributed by atoms with van der Waals surface area (Å²) in [6.07, 6.45) is 0. The average Bonchev–Trinajstić information content (AvgIpc) is 3.06. The van der Waals surface area contributed by atoms with Crippen LogP contribution in [0.2, 0.25) is 0 Å². The molecule has 0 saturated heterocycles. The van der Waals surface area contributed by atoms with Crippen LogP contribution in [0.4, 0.5) is 5.69 Å². The van der Waals surface area contributed by atoms with E-state index in [4.69, 9.17) is 0 Å². The Morgan fingerprint density at radius 1 is 0.880 bits per heavy atom. The van der Waals surface area contributed by atoms with Crippen molar-refractivity contribution in [1.29, 1.82) is 0 Å². The average molecular weight is 440 g/mol. The number of carbonyl (C=O) groups excluding carboxylic acids is 1. The summed E-state index contributed by atoms with van der Waals surface area (Å²) in [5, 5.41) is 11.9. The highest BCUT2D eigenvalue weighted by atomic mass is 127. The molecule has 0 spiro atoms. The van der Waals surface area contributed by atoms with Crippen molar-refractivity contribution in [2.75, 3.05) is 5.32 Å². The van der Waals surface area contributed by atoms with Gasteiger partial charge in [0.05, 0.1) is 5.69 Å². The van der Waals surface area contributed by atoms with Crippen molar-refractivity contribution in [3.05, 3.63) is 81.9 Å². The number of para-hydroxylation sites is 1. The van der Waals surface area contributed by atoms with E-state index in [9.17, 15) is 4.79 Å². The Hall–Kier alpha value is -2.74. The van der Waals surface area contributed by atoms with E-state index < -0.39 is 0 Å². The first kappa shape index (κ1) is 15.8. The largest absolute Gasteiger partial charge is 0.322 e. The van der Waals surface area contributed by atoms with Crippen LogP contribution in [0.15, 0.2) is 72.8 Å². The molecule has 0 saturated carbocycles. The fourth-order valence-electron chi connectivity index (χ4n) is 2.50. The zero-order valence-corrected chi connectivity index (χ0v) is 15.2. The van der Waals surface area contributed by atoms with Crippen molar-refractivity contribution in [3.63, 3.8) is 0 Å². The molecule has 0 aliphatic carbocycles. The standard InChI is InChI=1S/C19H13IN4O/c20-14-6-4-5-13(11-14)19(25)21-15-9-10-17-18(12-15)23-24(22-17)16-7-2-1-3-8-16/h1-12H,(H,21,25).